The van der Waals surface area contributed by atoms with Gasteiger partial charge < -0.3 is 4.98 Å². The number of hydrogen-bond acceptors (Lipinski definition) is 3. The van der Waals surface area contributed by atoms with Crippen LogP contribution in [-0.2, 0) is 0 Å². The number of H-pyrrole nitrogens is 2. The fraction of sp³-hybridized carbons (Fsp3) is 0. The Labute approximate surface area is 56.6 Å². The minimum Gasteiger partial charge on any atom is -0.312 e. The maximum atomic E-state index is 11.0. The van der Waals surface area contributed by atoms with Crippen LogP contribution in [0.2, 0.25) is 1.41 Å². The highest BCUT2D eigenvalue weighted by Gasteiger charge is 1.97. The Morgan fingerprint density at radius 3 is 3.40 bits per heavy atom. The second kappa shape index (κ2) is 1.66. The molecule has 2 heterocycles. The molecule has 0 fully saturated rings. The molecule has 0 aliphatic carbocycles. The molecule has 0 aliphatic heterocycles. The van der Waals surface area contributed by atoms with Crippen molar-refractivity contribution < 1.29 is 1.41 Å². The Balaban J connectivity index is 3.02. The van der Waals surface area contributed by atoms with E-state index in [1.807, 2.05) is 0 Å². The van der Waals surface area contributed by atoms with E-state index < -0.39 is 0 Å². The molecule has 0 bridgehead atoms. The first-order chi connectivity index (χ1) is 5.27. The van der Waals surface area contributed by atoms with Crippen molar-refractivity contribution in [3.8, 4) is 0 Å². The molecule has 0 saturated heterocycles. The number of nitrogens with zero attached hydrogens (tertiary/aromatic N) is 2. The van der Waals surface area contributed by atoms with Crippen LogP contribution in [0.4, 0.5) is 0 Å². The fourth-order valence-corrected chi connectivity index (χ4v) is 0.738. The zero-order valence-electron chi connectivity index (χ0n) is 5.90. The summed E-state index contributed by atoms with van der Waals surface area (Å²) in [5.41, 5.74) is 0.0252. The molecule has 5 heteroatoms. The second-order valence-electron chi connectivity index (χ2n) is 1.81. The van der Waals surface area contributed by atoms with E-state index in [1.54, 1.807) is 0 Å². The quantitative estimate of drug-likeness (QED) is 0.521. The molecule has 10 heavy (non-hydrogen) atoms. The van der Waals surface area contributed by atoms with Crippen LogP contribution in [0.1, 0.15) is 0 Å². The lowest BCUT2D eigenvalue weighted by atomic mass is 10.4. The third-order valence-corrected chi connectivity index (χ3v) is 1.21. The molecular formula is C5H4N4O. The average Bonchev–Trinajstić information content (AvgIpc) is 2.31. The van der Waals surface area contributed by atoms with Crippen molar-refractivity contribution in [1.29, 1.82) is 0 Å². The average molecular weight is 137 g/mol. The molecule has 0 atom stereocenters. The van der Waals surface area contributed by atoms with Crippen LogP contribution in [0.25, 0.3) is 11.0 Å². The summed E-state index contributed by atoms with van der Waals surface area (Å²) >= 11 is 0. The summed E-state index contributed by atoms with van der Waals surface area (Å²) in [6.45, 7) is 0. The number of hydrogen-bond donors (Lipinski definition) is 2. The van der Waals surface area contributed by atoms with Crippen molar-refractivity contribution in [3.63, 3.8) is 0 Å². The molecule has 0 spiro atoms. The predicted molar refractivity (Wildman–Crippen MR) is 34.5 cm³/mol. The predicted octanol–water partition coefficient (Wildman–Crippen LogP) is -0.354. The number of aromatic amines is 2. The van der Waals surface area contributed by atoms with Crippen LogP contribution >= 0.6 is 0 Å². The third-order valence-electron chi connectivity index (χ3n) is 1.21. The highest BCUT2D eigenvalue weighted by molar-refractivity contribution is 5.71. The van der Waals surface area contributed by atoms with E-state index in [0.717, 1.165) is 5.09 Å². The lowest BCUT2D eigenvalue weighted by Gasteiger charge is -1.80. The van der Waals surface area contributed by atoms with Gasteiger partial charge in [0.1, 0.15) is 5.39 Å². The fourth-order valence-electron chi connectivity index (χ4n) is 0.738. The van der Waals surface area contributed by atoms with Gasteiger partial charge >= 0.3 is 0 Å². The van der Waals surface area contributed by atoms with E-state index in [9.17, 15) is 4.79 Å². The highest BCUT2D eigenvalue weighted by Crippen LogP contribution is 1.96. The molecule has 0 radical (unpaired) electrons. The molecule has 0 unspecified atom stereocenters. The van der Waals surface area contributed by atoms with Crippen LogP contribution in [0.3, 0.4) is 0 Å². The number of aromatic nitrogens is 4. The van der Waals surface area contributed by atoms with Gasteiger partial charge in [-0.15, -0.1) is 0 Å². The lowest BCUT2D eigenvalue weighted by Crippen LogP contribution is -2.04. The summed E-state index contributed by atoms with van der Waals surface area (Å²) < 4.78 is 7.03. The van der Waals surface area contributed by atoms with Gasteiger partial charge in [-0.3, -0.25) is 9.89 Å². The monoisotopic (exact) mass is 137 g/mol. The van der Waals surface area contributed by atoms with Crippen molar-refractivity contribution >= 4 is 11.0 Å². The van der Waals surface area contributed by atoms with Gasteiger partial charge in [0, 0.05) is 6.20 Å². The van der Waals surface area contributed by atoms with Gasteiger partial charge in [0.15, 0.2) is 7.06 Å². The van der Waals surface area contributed by atoms with Crippen molar-refractivity contribution in [3.05, 3.63) is 22.9 Å². The number of rotatable bonds is 0. The van der Waals surface area contributed by atoms with E-state index in [-0.39, 0.29) is 5.56 Å². The summed E-state index contributed by atoms with van der Waals surface area (Å²) in [5.74, 6) is 0. The maximum absolute atomic E-state index is 11.0. The normalized spacial score (nSPS) is 11.8. The van der Waals surface area contributed by atoms with Crippen molar-refractivity contribution in [2.24, 2.45) is 0 Å². The van der Waals surface area contributed by atoms with Gasteiger partial charge in [-0.25, -0.2) is 4.98 Å². The minimum atomic E-state index is -0.270. The smallest absolute Gasteiger partial charge is 0.261 e. The molecular weight excluding hydrogens is 132 g/mol. The third kappa shape index (κ3) is 0.540. The molecule has 0 saturated carbocycles. The SMILES string of the molecule is [2H]n1cc2c(=O)[nH]cnc2n1. The second-order valence-corrected chi connectivity index (χ2v) is 1.81. The van der Waals surface area contributed by atoms with E-state index in [0.29, 0.717) is 11.0 Å². The van der Waals surface area contributed by atoms with Gasteiger partial charge in [-0.1, -0.05) is 0 Å². The lowest BCUT2D eigenvalue weighted by molar-refractivity contribution is 1.08. The van der Waals surface area contributed by atoms with Crippen molar-refractivity contribution in [2.75, 3.05) is 0 Å². The molecule has 2 rings (SSSR count). The Hall–Kier alpha value is -1.65. The molecule has 2 N–H and O–H groups in total. The highest BCUT2D eigenvalue weighted by atomic mass is 16.1. The summed E-state index contributed by atoms with van der Waals surface area (Å²) in [7, 11) is 0. The van der Waals surface area contributed by atoms with Crippen LogP contribution in [0.5, 0.6) is 0 Å². The maximum Gasteiger partial charge on any atom is 0.261 e. The summed E-state index contributed by atoms with van der Waals surface area (Å²) in [6, 6.07) is 0. The van der Waals surface area contributed by atoms with Gasteiger partial charge in [0.2, 0.25) is 0 Å². The molecule has 2 aromatic rings. The first-order valence-corrected chi connectivity index (χ1v) is 2.70. The zero-order valence-corrected chi connectivity index (χ0v) is 4.90. The summed E-state index contributed by atoms with van der Waals surface area (Å²) in [5, 5.41) is 4.77. The summed E-state index contributed by atoms with van der Waals surface area (Å²) in [4.78, 5) is 17.1. The van der Waals surface area contributed by atoms with Crippen molar-refractivity contribution in [1.82, 2.24) is 20.2 Å². The van der Waals surface area contributed by atoms with Gasteiger partial charge in [-0.2, -0.15) is 5.10 Å². The molecule has 50 valence electrons. The van der Waals surface area contributed by atoms with Gasteiger partial charge in [-0.05, 0) is 0 Å². The van der Waals surface area contributed by atoms with Crippen LogP contribution in [-0.4, -0.2) is 20.2 Å². The molecule has 0 aromatic carbocycles. The first kappa shape index (κ1) is 4.21. The van der Waals surface area contributed by atoms with E-state index in [1.165, 1.54) is 12.5 Å². The van der Waals surface area contributed by atoms with Crippen LogP contribution in [0.15, 0.2) is 17.3 Å². The standard InChI is InChI=1S/C5H4N4O/c10-5-3-1-8-9-4(3)6-2-7-5/h1-2H,(H2,6,7,8,9,10)/i/hD. The van der Waals surface area contributed by atoms with Gasteiger partial charge in [0.05, 0.1) is 6.33 Å². The molecule has 5 nitrogen and oxygen atoms in total. The number of fused-ring (bicyclic) bond motifs is 1. The van der Waals surface area contributed by atoms with E-state index in [4.69, 9.17) is 1.41 Å². The Bertz CT molecular complexity index is 445. The summed E-state index contributed by atoms with van der Waals surface area (Å²) in [6.07, 6.45) is 2.57. The largest absolute Gasteiger partial charge is 0.312 e. The number of nitrogens with one attached hydrogen (secondary N) is 2. The molecule has 0 aliphatic rings. The zero-order chi connectivity index (χ0) is 7.84. The molecule has 2 aromatic heterocycles. The molecule has 0 amide bonds. The van der Waals surface area contributed by atoms with Crippen molar-refractivity contribution in [2.45, 2.75) is 0 Å². The minimum absolute atomic E-state index is 0.270. The Morgan fingerprint density at radius 2 is 2.60 bits per heavy atom. The Morgan fingerprint density at radius 1 is 1.70 bits per heavy atom. The van der Waals surface area contributed by atoms with Gasteiger partial charge in [0.25, 0.3) is 5.56 Å². The van der Waals surface area contributed by atoms with E-state index in [2.05, 4.69) is 15.1 Å². The van der Waals surface area contributed by atoms with Crippen LogP contribution in [0, 0.1) is 0 Å². The van der Waals surface area contributed by atoms with Crippen LogP contribution < -0.4 is 5.56 Å². The Kier molecular flexibility index (Phi) is 0.700. The first-order valence-electron chi connectivity index (χ1n) is 3.14. The van der Waals surface area contributed by atoms with E-state index >= 15 is 0 Å². The topological polar surface area (TPSA) is 74.4 Å².